The quantitative estimate of drug-likeness (QED) is 0.650. The Morgan fingerprint density at radius 2 is 2.31 bits per heavy atom. The van der Waals surface area contributed by atoms with Crippen LogP contribution in [-0.2, 0) is 4.79 Å². The van der Waals surface area contributed by atoms with Crippen LogP contribution in [0.1, 0.15) is 32.6 Å². The minimum absolute atomic E-state index is 0.321. The molecular formula is C10H18N2O. The Kier molecular flexibility index (Phi) is 2.28. The van der Waals surface area contributed by atoms with Gasteiger partial charge in [-0.3, -0.25) is 4.79 Å². The molecule has 0 spiro atoms. The molecule has 0 aromatic heterocycles. The molecule has 2 N–H and O–H groups in total. The zero-order valence-electron chi connectivity index (χ0n) is 8.20. The van der Waals surface area contributed by atoms with Crippen LogP contribution < -0.4 is 5.73 Å². The third-order valence-electron chi connectivity index (χ3n) is 3.49. The van der Waals surface area contributed by atoms with E-state index in [2.05, 4.69) is 6.92 Å². The van der Waals surface area contributed by atoms with Gasteiger partial charge >= 0.3 is 0 Å². The van der Waals surface area contributed by atoms with Crippen molar-refractivity contribution >= 4 is 5.91 Å². The van der Waals surface area contributed by atoms with Gasteiger partial charge in [-0.25, -0.2) is 0 Å². The van der Waals surface area contributed by atoms with E-state index in [0.29, 0.717) is 23.9 Å². The van der Waals surface area contributed by atoms with Gasteiger partial charge in [0.1, 0.15) is 0 Å². The van der Waals surface area contributed by atoms with E-state index in [1.807, 2.05) is 4.90 Å². The number of hydrogen-bond donors (Lipinski definition) is 1. The molecule has 74 valence electrons. The molecule has 13 heavy (non-hydrogen) atoms. The number of nitrogens with two attached hydrogens (primary N) is 1. The summed E-state index contributed by atoms with van der Waals surface area (Å²) in [5, 5.41) is 0. The fourth-order valence-electron chi connectivity index (χ4n) is 2.80. The number of hydrogen-bond acceptors (Lipinski definition) is 2. The van der Waals surface area contributed by atoms with Crippen LogP contribution in [0.4, 0.5) is 0 Å². The Morgan fingerprint density at radius 1 is 1.54 bits per heavy atom. The molecule has 1 heterocycles. The molecule has 2 rings (SSSR count). The second kappa shape index (κ2) is 3.29. The van der Waals surface area contributed by atoms with Crippen LogP contribution in [0, 0.1) is 5.92 Å². The Balaban J connectivity index is 2.10. The lowest BCUT2D eigenvalue weighted by Crippen LogP contribution is -2.42. The lowest BCUT2D eigenvalue weighted by atomic mass is 9.82. The maximum Gasteiger partial charge on any atom is 0.223 e. The summed E-state index contributed by atoms with van der Waals surface area (Å²) >= 11 is 0. The second-order valence-electron chi connectivity index (χ2n) is 4.28. The highest BCUT2D eigenvalue weighted by Crippen LogP contribution is 2.36. The summed E-state index contributed by atoms with van der Waals surface area (Å²) in [6.45, 7) is 2.91. The monoisotopic (exact) mass is 182 g/mol. The fraction of sp³-hybridized carbons (Fsp3) is 0.900. The van der Waals surface area contributed by atoms with Crippen molar-refractivity contribution in [3.05, 3.63) is 0 Å². The number of carbonyl (C=O) groups is 1. The largest absolute Gasteiger partial charge is 0.340 e. The van der Waals surface area contributed by atoms with Gasteiger partial charge in [-0.05, 0) is 32.1 Å². The lowest BCUT2D eigenvalue weighted by molar-refractivity contribution is -0.128. The van der Waals surface area contributed by atoms with E-state index in [9.17, 15) is 4.79 Å². The maximum absolute atomic E-state index is 11.6. The molecule has 2 fully saturated rings. The van der Waals surface area contributed by atoms with Gasteiger partial charge in [-0.15, -0.1) is 0 Å². The summed E-state index contributed by atoms with van der Waals surface area (Å²) in [5.41, 5.74) is 5.92. The molecule has 0 aromatic carbocycles. The number of carbonyl (C=O) groups excluding carboxylic acids is 1. The van der Waals surface area contributed by atoms with Crippen molar-refractivity contribution in [2.45, 2.75) is 44.7 Å². The average molecular weight is 182 g/mol. The molecule has 3 unspecified atom stereocenters. The van der Waals surface area contributed by atoms with Gasteiger partial charge in [0.05, 0.1) is 0 Å². The summed E-state index contributed by atoms with van der Waals surface area (Å²) in [4.78, 5) is 13.6. The lowest BCUT2D eigenvalue weighted by Gasteiger charge is -2.33. The number of nitrogens with zero attached hydrogens (tertiary/aromatic N) is 1. The van der Waals surface area contributed by atoms with Crippen LogP contribution in [0.2, 0.25) is 0 Å². The Morgan fingerprint density at radius 3 is 3.00 bits per heavy atom. The maximum atomic E-state index is 11.6. The molecule has 3 heteroatoms. The Hall–Kier alpha value is -0.570. The summed E-state index contributed by atoms with van der Waals surface area (Å²) in [5.74, 6) is 0.943. The molecule has 0 bridgehead atoms. The van der Waals surface area contributed by atoms with Crippen molar-refractivity contribution in [2.75, 3.05) is 6.54 Å². The van der Waals surface area contributed by atoms with E-state index in [-0.39, 0.29) is 0 Å². The van der Waals surface area contributed by atoms with E-state index in [1.165, 1.54) is 0 Å². The topological polar surface area (TPSA) is 46.3 Å². The standard InChI is InChI=1S/C10H18N2O/c1-2-12-9-6-8(11)4-3-7(9)5-10(12)13/h7-9H,2-6,11H2,1H3. The zero-order chi connectivity index (χ0) is 9.42. The highest BCUT2D eigenvalue weighted by atomic mass is 16.2. The summed E-state index contributed by atoms with van der Waals surface area (Å²) in [6, 6.07) is 0.780. The molecule has 1 aliphatic carbocycles. The summed E-state index contributed by atoms with van der Waals surface area (Å²) in [6.07, 6.45) is 4.04. The molecule has 3 nitrogen and oxygen atoms in total. The van der Waals surface area contributed by atoms with Gasteiger partial charge in [0.15, 0.2) is 0 Å². The van der Waals surface area contributed by atoms with Gasteiger partial charge in [0, 0.05) is 25.0 Å². The second-order valence-corrected chi connectivity index (χ2v) is 4.28. The Bertz CT molecular complexity index is 217. The molecule has 1 amide bonds. The molecule has 1 aliphatic heterocycles. The molecule has 0 aromatic rings. The van der Waals surface area contributed by atoms with Gasteiger partial charge in [-0.1, -0.05) is 0 Å². The average Bonchev–Trinajstić information content (AvgIpc) is 2.40. The number of fused-ring (bicyclic) bond motifs is 1. The predicted molar refractivity (Wildman–Crippen MR) is 51.1 cm³/mol. The van der Waals surface area contributed by atoms with Crippen molar-refractivity contribution in [1.82, 2.24) is 4.90 Å². The number of likely N-dealkylation sites (tertiary alicyclic amines) is 1. The van der Waals surface area contributed by atoms with E-state index >= 15 is 0 Å². The van der Waals surface area contributed by atoms with Crippen LogP contribution in [0.5, 0.6) is 0 Å². The highest BCUT2D eigenvalue weighted by molar-refractivity contribution is 5.79. The third-order valence-corrected chi connectivity index (χ3v) is 3.49. The molecule has 1 saturated carbocycles. The minimum Gasteiger partial charge on any atom is -0.340 e. The summed E-state index contributed by atoms with van der Waals surface area (Å²) in [7, 11) is 0. The number of rotatable bonds is 1. The van der Waals surface area contributed by atoms with Crippen molar-refractivity contribution in [3.63, 3.8) is 0 Å². The van der Waals surface area contributed by atoms with Gasteiger partial charge in [0.25, 0.3) is 0 Å². The van der Waals surface area contributed by atoms with Crippen LogP contribution in [0.15, 0.2) is 0 Å². The Labute approximate surface area is 79.3 Å². The van der Waals surface area contributed by atoms with Crippen molar-refractivity contribution in [1.29, 1.82) is 0 Å². The van der Waals surface area contributed by atoms with Gasteiger partial charge in [-0.2, -0.15) is 0 Å². The van der Waals surface area contributed by atoms with Crippen molar-refractivity contribution in [3.8, 4) is 0 Å². The first-order valence-electron chi connectivity index (χ1n) is 5.27. The highest BCUT2D eigenvalue weighted by Gasteiger charge is 2.41. The normalized spacial score (nSPS) is 39.4. The van der Waals surface area contributed by atoms with Crippen molar-refractivity contribution in [2.24, 2.45) is 11.7 Å². The first-order chi connectivity index (χ1) is 6.22. The van der Waals surface area contributed by atoms with Crippen LogP contribution in [0.3, 0.4) is 0 Å². The SMILES string of the molecule is CCN1C(=O)CC2CCC(N)CC21. The fourth-order valence-corrected chi connectivity index (χ4v) is 2.80. The van der Waals surface area contributed by atoms with Gasteiger partial charge < -0.3 is 10.6 Å². The van der Waals surface area contributed by atoms with Crippen LogP contribution >= 0.6 is 0 Å². The molecule has 1 saturated heterocycles. The third kappa shape index (κ3) is 1.46. The van der Waals surface area contributed by atoms with Gasteiger partial charge in [0.2, 0.25) is 5.91 Å². The van der Waals surface area contributed by atoms with E-state index in [0.717, 1.165) is 32.2 Å². The molecule has 0 radical (unpaired) electrons. The van der Waals surface area contributed by atoms with Crippen LogP contribution in [0.25, 0.3) is 0 Å². The van der Waals surface area contributed by atoms with E-state index in [4.69, 9.17) is 5.73 Å². The predicted octanol–water partition coefficient (Wildman–Crippen LogP) is 0.735. The van der Waals surface area contributed by atoms with Crippen molar-refractivity contribution < 1.29 is 4.79 Å². The molecule has 3 atom stereocenters. The molecule has 2 aliphatic rings. The first kappa shape index (κ1) is 9.00. The van der Waals surface area contributed by atoms with E-state index in [1.54, 1.807) is 0 Å². The smallest absolute Gasteiger partial charge is 0.223 e. The minimum atomic E-state index is 0.321. The molecular weight excluding hydrogens is 164 g/mol. The van der Waals surface area contributed by atoms with Crippen LogP contribution in [-0.4, -0.2) is 29.4 Å². The first-order valence-corrected chi connectivity index (χ1v) is 5.27. The summed E-state index contributed by atoms with van der Waals surface area (Å²) < 4.78 is 0. The van der Waals surface area contributed by atoms with E-state index < -0.39 is 0 Å². The number of amides is 1. The zero-order valence-corrected chi connectivity index (χ0v) is 8.20.